The molecule has 0 saturated carbocycles. The topological polar surface area (TPSA) is 105 Å². The molecule has 3 heterocycles. The van der Waals surface area contributed by atoms with Gasteiger partial charge in [0.1, 0.15) is 36.6 Å². The second kappa shape index (κ2) is 19.4. The summed E-state index contributed by atoms with van der Waals surface area (Å²) in [5.74, 6) is 1.76. The van der Waals surface area contributed by atoms with Crippen molar-refractivity contribution in [2.24, 2.45) is 0 Å². The summed E-state index contributed by atoms with van der Waals surface area (Å²) in [6.07, 6.45) is 7.13. The third kappa shape index (κ3) is 10.5. The van der Waals surface area contributed by atoms with Gasteiger partial charge in [-0.3, -0.25) is 9.78 Å². The number of fused-ring (bicyclic) bond motifs is 3. The quantitative estimate of drug-likeness (QED) is 0.141. The third-order valence-electron chi connectivity index (χ3n) is 10.4. The van der Waals surface area contributed by atoms with Crippen LogP contribution in [0.1, 0.15) is 76.7 Å². The van der Waals surface area contributed by atoms with E-state index in [1.54, 1.807) is 18.5 Å². The number of halogens is 2. The Hall–Kier alpha value is -4.22. The van der Waals surface area contributed by atoms with Gasteiger partial charge in [0.25, 0.3) is 5.91 Å². The van der Waals surface area contributed by atoms with Crippen LogP contribution in [0.15, 0.2) is 67.0 Å². The van der Waals surface area contributed by atoms with Gasteiger partial charge in [0.05, 0.1) is 23.8 Å². The van der Waals surface area contributed by atoms with Crippen LogP contribution in [0.2, 0.25) is 5.02 Å². The molecule has 4 aromatic rings. The van der Waals surface area contributed by atoms with Gasteiger partial charge in [0, 0.05) is 68.4 Å². The summed E-state index contributed by atoms with van der Waals surface area (Å²) in [7, 11) is 0. The Morgan fingerprint density at radius 2 is 1.78 bits per heavy atom. The number of benzene rings is 3. The first-order valence-corrected chi connectivity index (χ1v) is 19.5. The molecule has 0 radical (unpaired) electrons. The van der Waals surface area contributed by atoms with E-state index in [4.69, 9.17) is 25.8 Å². The van der Waals surface area contributed by atoms with Gasteiger partial charge in [0.15, 0.2) is 0 Å². The number of aromatic nitrogens is 1. The fourth-order valence-corrected chi connectivity index (χ4v) is 7.33. The van der Waals surface area contributed by atoms with Crippen LogP contribution in [0, 0.1) is 13.8 Å². The second-order valence-corrected chi connectivity index (χ2v) is 14.7. The molecular formula is C43H52ClFN4O5. The van der Waals surface area contributed by atoms with E-state index in [9.17, 15) is 14.3 Å². The first kappa shape index (κ1) is 39.5. The molecule has 0 spiro atoms. The maximum Gasteiger partial charge on any atom is 0.252 e. The molecule has 11 heteroatoms. The summed E-state index contributed by atoms with van der Waals surface area (Å²) < 4.78 is 32.5. The van der Waals surface area contributed by atoms with Crippen LogP contribution >= 0.6 is 11.6 Å². The molecule has 3 N–H and O–H groups in total. The van der Waals surface area contributed by atoms with Gasteiger partial charge in [0.2, 0.25) is 0 Å². The Morgan fingerprint density at radius 1 is 0.981 bits per heavy atom. The summed E-state index contributed by atoms with van der Waals surface area (Å²) in [5.41, 5.74) is 7.47. The summed E-state index contributed by atoms with van der Waals surface area (Å²) in [4.78, 5) is 19.3. The lowest BCUT2D eigenvalue weighted by molar-refractivity contribution is 0.0952. The average Bonchev–Trinajstić information content (AvgIpc) is 3.18. The smallest absolute Gasteiger partial charge is 0.252 e. The van der Waals surface area contributed by atoms with Crippen molar-refractivity contribution in [2.45, 2.75) is 84.3 Å². The van der Waals surface area contributed by atoms with E-state index in [0.29, 0.717) is 61.2 Å². The van der Waals surface area contributed by atoms with Gasteiger partial charge in [-0.05, 0) is 92.0 Å². The Bertz CT molecular complexity index is 1870. The van der Waals surface area contributed by atoms with Gasteiger partial charge in [-0.2, -0.15) is 0 Å². The molecule has 9 nitrogen and oxygen atoms in total. The van der Waals surface area contributed by atoms with Crippen molar-refractivity contribution in [1.82, 2.24) is 20.5 Å². The van der Waals surface area contributed by atoms with E-state index < -0.39 is 6.17 Å². The molecule has 1 atom stereocenters. The molecule has 2 aliphatic rings. The molecular weight excluding hydrogens is 707 g/mol. The van der Waals surface area contributed by atoms with Crippen LogP contribution in [-0.4, -0.2) is 72.5 Å². The van der Waals surface area contributed by atoms with Crippen molar-refractivity contribution in [3.63, 3.8) is 0 Å². The number of nitrogens with zero attached hydrogens (tertiary/aromatic N) is 2. The number of aliphatic hydroxyl groups excluding tert-OH is 1. The van der Waals surface area contributed by atoms with Crippen LogP contribution < -0.4 is 24.8 Å². The Kier molecular flexibility index (Phi) is 14.2. The highest BCUT2D eigenvalue weighted by Crippen LogP contribution is 2.36. The van der Waals surface area contributed by atoms with Crippen molar-refractivity contribution >= 4 is 17.5 Å². The van der Waals surface area contributed by atoms with Crippen molar-refractivity contribution < 1.29 is 28.5 Å². The summed E-state index contributed by atoms with van der Waals surface area (Å²) in [6.45, 7) is 8.82. The van der Waals surface area contributed by atoms with Gasteiger partial charge in [-0.25, -0.2) is 4.39 Å². The van der Waals surface area contributed by atoms with Gasteiger partial charge < -0.3 is 34.9 Å². The molecule has 288 valence electrons. The molecule has 1 aromatic heterocycles. The maximum absolute atomic E-state index is 13.5. The van der Waals surface area contributed by atoms with Crippen molar-refractivity contribution in [1.29, 1.82) is 0 Å². The van der Waals surface area contributed by atoms with Crippen LogP contribution in [0.5, 0.6) is 17.2 Å². The van der Waals surface area contributed by atoms with E-state index in [-0.39, 0.29) is 25.2 Å². The van der Waals surface area contributed by atoms with Crippen LogP contribution in [0.25, 0.3) is 11.1 Å². The Balaban J connectivity index is 1.16. The zero-order valence-electron chi connectivity index (χ0n) is 31.3. The minimum Gasteiger partial charge on any atom is -0.493 e. The SMILES string of the molecule is Cc1c(COc2cc3c(cc2Cl)CN[C@H](CO)CCCCNC(=O)c2cncc(c2)CO3)cccc1-c1cccc(OCCCN2CCC(F)CC2)c1C. The predicted octanol–water partition coefficient (Wildman–Crippen LogP) is 7.74. The number of aliphatic hydroxyl groups is 1. The lowest BCUT2D eigenvalue weighted by atomic mass is 9.93. The summed E-state index contributed by atoms with van der Waals surface area (Å²) in [6, 6.07) is 17.7. The van der Waals surface area contributed by atoms with Crippen LogP contribution in [-0.2, 0) is 19.8 Å². The number of rotatable bonds is 10. The minimum atomic E-state index is -0.657. The second-order valence-electron chi connectivity index (χ2n) is 14.3. The number of alkyl halides is 1. The highest BCUT2D eigenvalue weighted by atomic mass is 35.5. The Labute approximate surface area is 323 Å². The number of ether oxygens (including phenoxy) is 3. The van der Waals surface area contributed by atoms with Gasteiger partial charge in [-0.1, -0.05) is 48.4 Å². The molecule has 1 saturated heterocycles. The molecule has 1 amide bonds. The lowest BCUT2D eigenvalue weighted by Gasteiger charge is -2.28. The fourth-order valence-electron chi connectivity index (χ4n) is 7.09. The van der Waals surface area contributed by atoms with Crippen LogP contribution in [0.3, 0.4) is 0 Å². The number of nitrogens with one attached hydrogen (secondary N) is 2. The molecule has 1 fully saturated rings. The first-order valence-electron chi connectivity index (χ1n) is 19.1. The summed E-state index contributed by atoms with van der Waals surface area (Å²) in [5, 5.41) is 16.9. The van der Waals surface area contributed by atoms with E-state index in [1.165, 1.54) is 0 Å². The third-order valence-corrected chi connectivity index (χ3v) is 10.7. The Morgan fingerprint density at radius 3 is 2.59 bits per heavy atom. The molecule has 2 aliphatic heterocycles. The number of piperidine rings is 1. The highest BCUT2D eigenvalue weighted by molar-refractivity contribution is 6.32. The van der Waals surface area contributed by atoms with E-state index in [0.717, 1.165) is 90.0 Å². The molecule has 0 aliphatic carbocycles. The van der Waals surface area contributed by atoms with E-state index in [1.807, 2.05) is 30.3 Å². The van der Waals surface area contributed by atoms with Crippen LogP contribution in [0.4, 0.5) is 4.39 Å². The largest absolute Gasteiger partial charge is 0.493 e. The zero-order chi connectivity index (χ0) is 37.9. The normalized spacial score (nSPS) is 17.6. The van der Waals surface area contributed by atoms with Crippen molar-refractivity contribution in [3.8, 4) is 28.4 Å². The highest BCUT2D eigenvalue weighted by Gasteiger charge is 2.19. The minimum absolute atomic E-state index is 0.00830. The zero-order valence-corrected chi connectivity index (χ0v) is 32.1. The maximum atomic E-state index is 13.5. The number of amides is 1. The van der Waals surface area contributed by atoms with Gasteiger partial charge in [-0.15, -0.1) is 0 Å². The number of hydrogen-bond donors (Lipinski definition) is 3. The molecule has 3 aromatic carbocycles. The predicted molar refractivity (Wildman–Crippen MR) is 210 cm³/mol. The number of likely N-dealkylation sites (tertiary alicyclic amines) is 1. The number of carbonyl (C=O) groups is 1. The molecule has 0 unspecified atom stereocenters. The molecule has 6 rings (SSSR count). The number of pyridine rings is 1. The van der Waals surface area contributed by atoms with Crippen molar-refractivity contribution in [2.75, 3.05) is 39.4 Å². The van der Waals surface area contributed by atoms with E-state index >= 15 is 0 Å². The number of hydrogen-bond acceptors (Lipinski definition) is 8. The first-order chi connectivity index (χ1) is 26.3. The van der Waals surface area contributed by atoms with E-state index in [2.05, 4.69) is 52.6 Å². The van der Waals surface area contributed by atoms with Gasteiger partial charge >= 0.3 is 0 Å². The summed E-state index contributed by atoms with van der Waals surface area (Å²) >= 11 is 6.84. The lowest BCUT2D eigenvalue weighted by Crippen LogP contribution is -2.35. The molecule has 2 bridgehead atoms. The average molecular weight is 759 g/mol. The standard InChI is InChI=1S/C43H52ClFN4O5/c1-29-32(8-5-10-37(29)38-11-6-12-40(30(38)2)52-19-7-16-49-17-13-35(45)14-18-49)28-54-42-22-41-33(21-39(42)44)25-48-36(26-50)9-3-4-15-47-43(51)34-20-31(27-53-41)23-46-24-34/h5-6,8,10-12,20-24,35-36,48,50H,3-4,7,9,13-19,25-28H2,1-2H3,(H,47,51)/t36-/m0/s1. The molecule has 54 heavy (non-hydrogen) atoms. The van der Waals surface area contributed by atoms with Crippen molar-refractivity contribution in [3.05, 3.63) is 105 Å². The number of carbonyl (C=O) groups excluding carboxylic acids is 1. The fraction of sp³-hybridized carbons (Fsp3) is 0.442. The monoisotopic (exact) mass is 758 g/mol.